The number of rotatable bonds is 6. The molecule has 0 amide bonds. The minimum absolute atomic E-state index is 0.00298. The first-order valence-electron chi connectivity index (χ1n) is 4.32. The first kappa shape index (κ1) is 12.8. The van der Waals surface area contributed by atoms with Crippen LogP contribution in [0.4, 0.5) is 8.78 Å². The van der Waals surface area contributed by atoms with Crippen molar-refractivity contribution in [1.82, 2.24) is 0 Å². The molecule has 0 aliphatic rings. The van der Waals surface area contributed by atoms with Gasteiger partial charge in [0.1, 0.15) is 0 Å². The zero-order valence-electron chi connectivity index (χ0n) is 7.96. The fraction of sp³-hybridized carbons (Fsp3) is 1.00. The van der Waals surface area contributed by atoms with Crippen LogP contribution in [0, 0.1) is 0 Å². The molecule has 0 spiro atoms. The van der Waals surface area contributed by atoms with E-state index in [-0.39, 0.29) is 24.3 Å². The SMILES string of the molecule is CC(F)CCS(=O)(=O)CCC(C)F. The standard InChI is InChI=1S/C8H16F2O2S/c1-7(9)3-5-13(11,12)6-4-8(2)10/h7-8H,3-6H2,1-2H3. The number of sulfone groups is 1. The summed E-state index contributed by atoms with van der Waals surface area (Å²) in [6, 6.07) is 0. The van der Waals surface area contributed by atoms with Crippen molar-refractivity contribution < 1.29 is 17.2 Å². The fourth-order valence-corrected chi connectivity index (χ4v) is 2.36. The molecule has 0 aliphatic carbocycles. The number of halogens is 2. The Kier molecular flexibility index (Phi) is 5.44. The highest BCUT2D eigenvalue weighted by Gasteiger charge is 2.14. The van der Waals surface area contributed by atoms with Crippen molar-refractivity contribution in [1.29, 1.82) is 0 Å². The van der Waals surface area contributed by atoms with E-state index in [1.165, 1.54) is 13.8 Å². The molecule has 0 bridgehead atoms. The van der Waals surface area contributed by atoms with Gasteiger partial charge in [0.15, 0.2) is 9.84 Å². The Hall–Kier alpha value is -0.190. The topological polar surface area (TPSA) is 34.1 Å². The van der Waals surface area contributed by atoms with Crippen LogP contribution in [0.15, 0.2) is 0 Å². The summed E-state index contributed by atoms with van der Waals surface area (Å²) in [5, 5.41) is 0. The lowest BCUT2D eigenvalue weighted by Gasteiger charge is -2.05. The molecule has 0 N–H and O–H groups in total. The maximum atomic E-state index is 12.3. The van der Waals surface area contributed by atoms with Crippen LogP contribution in [0.2, 0.25) is 0 Å². The van der Waals surface area contributed by atoms with Crippen LogP contribution in [0.1, 0.15) is 26.7 Å². The quantitative estimate of drug-likeness (QED) is 0.676. The summed E-state index contributed by atoms with van der Waals surface area (Å²) in [7, 11) is -3.25. The second kappa shape index (κ2) is 5.52. The van der Waals surface area contributed by atoms with Gasteiger partial charge in [-0.2, -0.15) is 0 Å². The van der Waals surface area contributed by atoms with Gasteiger partial charge in [0, 0.05) is 0 Å². The third kappa shape index (κ3) is 8.15. The van der Waals surface area contributed by atoms with E-state index in [0.29, 0.717) is 0 Å². The van der Waals surface area contributed by atoms with E-state index in [1.54, 1.807) is 0 Å². The molecule has 0 heterocycles. The number of hydrogen-bond donors (Lipinski definition) is 0. The second-order valence-electron chi connectivity index (χ2n) is 3.29. The molecule has 2 unspecified atom stereocenters. The van der Waals surface area contributed by atoms with Gasteiger partial charge in [0.05, 0.1) is 23.8 Å². The summed E-state index contributed by atoms with van der Waals surface area (Å²) in [4.78, 5) is 0. The molecule has 80 valence electrons. The molecule has 5 heteroatoms. The van der Waals surface area contributed by atoms with Gasteiger partial charge in [-0.3, -0.25) is 0 Å². The van der Waals surface area contributed by atoms with Crippen molar-refractivity contribution in [3.05, 3.63) is 0 Å². The smallest absolute Gasteiger partial charge is 0.150 e. The Morgan fingerprint density at radius 3 is 1.54 bits per heavy atom. The van der Waals surface area contributed by atoms with Gasteiger partial charge < -0.3 is 0 Å². The van der Waals surface area contributed by atoms with E-state index < -0.39 is 22.2 Å². The van der Waals surface area contributed by atoms with E-state index in [2.05, 4.69) is 0 Å². The van der Waals surface area contributed by atoms with Gasteiger partial charge in [0.25, 0.3) is 0 Å². The summed E-state index contributed by atoms with van der Waals surface area (Å²) in [6.45, 7) is 2.63. The maximum Gasteiger partial charge on any atom is 0.150 e. The molecular weight excluding hydrogens is 198 g/mol. The molecule has 0 radical (unpaired) electrons. The largest absolute Gasteiger partial charge is 0.248 e. The van der Waals surface area contributed by atoms with Crippen molar-refractivity contribution in [2.24, 2.45) is 0 Å². The van der Waals surface area contributed by atoms with Gasteiger partial charge in [-0.05, 0) is 26.7 Å². The zero-order chi connectivity index (χ0) is 10.5. The highest BCUT2D eigenvalue weighted by molar-refractivity contribution is 7.91. The molecule has 0 aliphatic heterocycles. The van der Waals surface area contributed by atoms with Crippen LogP contribution < -0.4 is 0 Å². The van der Waals surface area contributed by atoms with Crippen molar-refractivity contribution in [2.75, 3.05) is 11.5 Å². The number of hydrogen-bond acceptors (Lipinski definition) is 2. The van der Waals surface area contributed by atoms with E-state index >= 15 is 0 Å². The summed E-state index contributed by atoms with van der Waals surface area (Å²) in [5.74, 6) is -0.366. The maximum absolute atomic E-state index is 12.3. The molecule has 2 atom stereocenters. The molecule has 0 aromatic heterocycles. The third-order valence-corrected chi connectivity index (χ3v) is 3.37. The van der Waals surface area contributed by atoms with Crippen LogP contribution in [-0.4, -0.2) is 32.3 Å². The average Bonchev–Trinajstić information content (AvgIpc) is 1.98. The molecular formula is C8H16F2O2S. The Bertz CT molecular complexity index is 204. The first-order chi connectivity index (χ1) is 5.83. The summed E-state index contributed by atoms with van der Waals surface area (Å²) >= 11 is 0. The summed E-state index contributed by atoms with van der Waals surface area (Å²) in [6.07, 6.45) is -2.22. The zero-order valence-corrected chi connectivity index (χ0v) is 8.78. The molecule has 2 nitrogen and oxygen atoms in total. The Morgan fingerprint density at radius 2 is 1.31 bits per heavy atom. The molecule has 13 heavy (non-hydrogen) atoms. The molecule has 0 saturated carbocycles. The highest BCUT2D eigenvalue weighted by Crippen LogP contribution is 2.05. The predicted octanol–water partition coefficient (Wildman–Crippen LogP) is 1.90. The van der Waals surface area contributed by atoms with E-state index in [1.807, 2.05) is 0 Å². The van der Waals surface area contributed by atoms with Crippen molar-refractivity contribution in [3.8, 4) is 0 Å². The summed E-state index contributed by atoms with van der Waals surface area (Å²) in [5.41, 5.74) is 0. The second-order valence-corrected chi connectivity index (χ2v) is 5.59. The Labute approximate surface area is 78.3 Å². The van der Waals surface area contributed by atoms with Crippen molar-refractivity contribution in [2.45, 2.75) is 39.0 Å². The minimum atomic E-state index is -3.25. The van der Waals surface area contributed by atoms with Crippen LogP contribution in [0.25, 0.3) is 0 Å². The lowest BCUT2D eigenvalue weighted by atomic mass is 10.3. The van der Waals surface area contributed by atoms with Crippen LogP contribution in [0.3, 0.4) is 0 Å². The summed E-state index contributed by atoms with van der Waals surface area (Å²) < 4.78 is 46.8. The first-order valence-corrected chi connectivity index (χ1v) is 6.14. The lowest BCUT2D eigenvalue weighted by molar-refractivity contribution is 0.348. The van der Waals surface area contributed by atoms with Gasteiger partial charge >= 0.3 is 0 Å². The molecule has 0 fully saturated rings. The predicted molar refractivity (Wildman–Crippen MR) is 49.0 cm³/mol. The number of alkyl halides is 2. The van der Waals surface area contributed by atoms with Gasteiger partial charge in [0.2, 0.25) is 0 Å². The van der Waals surface area contributed by atoms with Gasteiger partial charge in [-0.25, -0.2) is 17.2 Å². The Morgan fingerprint density at radius 1 is 1.00 bits per heavy atom. The van der Waals surface area contributed by atoms with Gasteiger partial charge in [-0.15, -0.1) is 0 Å². The molecule has 0 aromatic carbocycles. The van der Waals surface area contributed by atoms with Crippen LogP contribution >= 0.6 is 0 Å². The van der Waals surface area contributed by atoms with Crippen molar-refractivity contribution >= 4 is 9.84 Å². The van der Waals surface area contributed by atoms with E-state index in [4.69, 9.17) is 0 Å². The highest BCUT2D eigenvalue weighted by atomic mass is 32.2. The van der Waals surface area contributed by atoms with Crippen LogP contribution in [0.5, 0.6) is 0 Å². The molecule has 0 rings (SSSR count). The Balaban J connectivity index is 3.81. The van der Waals surface area contributed by atoms with Crippen LogP contribution in [-0.2, 0) is 9.84 Å². The normalized spacial score (nSPS) is 16.9. The third-order valence-electron chi connectivity index (χ3n) is 1.65. The van der Waals surface area contributed by atoms with E-state index in [9.17, 15) is 17.2 Å². The fourth-order valence-electron chi connectivity index (χ4n) is 0.786. The molecule has 0 saturated heterocycles. The van der Waals surface area contributed by atoms with E-state index in [0.717, 1.165) is 0 Å². The minimum Gasteiger partial charge on any atom is -0.248 e. The van der Waals surface area contributed by atoms with Crippen molar-refractivity contribution in [3.63, 3.8) is 0 Å². The lowest BCUT2D eigenvalue weighted by Crippen LogP contribution is -2.16. The molecule has 0 aromatic rings. The van der Waals surface area contributed by atoms with Gasteiger partial charge in [-0.1, -0.05) is 0 Å². The monoisotopic (exact) mass is 214 g/mol. The average molecular weight is 214 g/mol.